The summed E-state index contributed by atoms with van der Waals surface area (Å²) in [7, 11) is -3.59. The third-order valence-corrected chi connectivity index (χ3v) is 6.37. The van der Waals surface area contributed by atoms with Gasteiger partial charge in [-0.1, -0.05) is 12.1 Å². The van der Waals surface area contributed by atoms with E-state index < -0.39 is 27.9 Å². The molecule has 0 aliphatic carbocycles. The van der Waals surface area contributed by atoms with Crippen LogP contribution in [0.4, 0.5) is 4.39 Å². The normalized spacial score (nSPS) is 22.0. The molecule has 122 valence electrons. The van der Waals surface area contributed by atoms with Crippen LogP contribution in [0.5, 0.6) is 0 Å². The van der Waals surface area contributed by atoms with Crippen LogP contribution in [0, 0.1) is 5.82 Å². The van der Waals surface area contributed by atoms with E-state index in [2.05, 4.69) is 0 Å². The summed E-state index contributed by atoms with van der Waals surface area (Å²) in [6, 6.07) is 4.84. The second kappa shape index (κ2) is 7.43. The van der Waals surface area contributed by atoms with Crippen molar-refractivity contribution in [2.45, 2.75) is 19.5 Å². The zero-order valence-corrected chi connectivity index (χ0v) is 13.8. The van der Waals surface area contributed by atoms with E-state index in [-0.39, 0.29) is 18.9 Å². The van der Waals surface area contributed by atoms with Crippen molar-refractivity contribution >= 4 is 27.8 Å². The Hall–Kier alpha value is -1.12. The largest absolute Gasteiger partial charge is 0.465 e. The molecule has 0 bridgehead atoms. The molecule has 22 heavy (non-hydrogen) atoms. The number of ether oxygens (including phenoxy) is 1. The fourth-order valence-electron chi connectivity index (χ4n) is 2.20. The summed E-state index contributed by atoms with van der Waals surface area (Å²) in [5.74, 6) is -0.266. The van der Waals surface area contributed by atoms with Gasteiger partial charge in [0.15, 0.2) is 0 Å². The van der Waals surface area contributed by atoms with Crippen molar-refractivity contribution in [3.63, 3.8) is 0 Å². The van der Waals surface area contributed by atoms with Crippen LogP contribution in [-0.4, -0.2) is 48.6 Å². The maximum absolute atomic E-state index is 13.3. The molecule has 1 aliphatic heterocycles. The number of sulfonamides is 1. The van der Waals surface area contributed by atoms with Crippen LogP contribution in [-0.2, 0) is 26.1 Å². The molecule has 2 rings (SSSR count). The van der Waals surface area contributed by atoms with Crippen molar-refractivity contribution in [3.05, 3.63) is 35.6 Å². The number of benzene rings is 1. The first-order valence-corrected chi connectivity index (χ1v) is 9.69. The van der Waals surface area contributed by atoms with Crippen molar-refractivity contribution in [2.24, 2.45) is 0 Å². The van der Waals surface area contributed by atoms with E-state index in [1.807, 2.05) is 0 Å². The molecule has 0 amide bonds. The van der Waals surface area contributed by atoms with E-state index in [0.717, 1.165) is 4.31 Å². The molecule has 1 aromatic rings. The molecule has 0 aromatic heterocycles. The molecular weight excluding hydrogens is 329 g/mol. The number of carbonyl (C=O) groups is 1. The van der Waals surface area contributed by atoms with Crippen LogP contribution in [0.25, 0.3) is 0 Å². The molecule has 0 N–H and O–H groups in total. The van der Waals surface area contributed by atoms with Gasteiger partial charge in [0.2, 0.25) is 10.0 Å². The van der Waals surface area contributed by atoms with Crippen LogP contribution < -0.4 is 0 Å². The van der Waals surface area contributed by atoms with Crippen molar-refractivity contribution in [1.82, 2.24) is 4.31 Å². The molecule has 1 saturated heterocycles. The van der Waals surface area contributed by atoms with Gasteiger partial charge < -0.3 is 4.74 Å². The number of hydrogen-bond donors (Lipinski definition) is 0. The van der Waals surface area contributed by atoms with Gasteiger partial charge >= 0.3 is 5.97 Å². The molecule has 1 atom stereocenters. The Morgan fingerprint density at radius 2 is 2.27 bits per heavy atom. The SMILES string of the molecule is CCOC(=O)C1CSCCS(=O)(=O)N1Cc1cccc(F)c1. The summed E-state index contributed by atoms with van der Waals surface area (Å²) in [6.07, 6.45) is 0. The first kappa shape index (κ1) is 17.2. The highest BCUT2D eigenvalue weighted by Crippen LogP contribution is 2.23. The average molecular weight is 347 g/mol. The Morgan fingerprint density at radius 3 is 2.95 bits per heavy atom. The highest BCUT2D eigenvalue weighted by molar-refractivity contribution is 8.00. The number of nitrogens with zero attached hydrogens (tertiary/aromatic N) is 1. The monoisotopic (exact) mass is 347 g/mol. The molecule has 5 nitrogen and oxygen atoms in total. The number of halogens is 1. The first-order valence-electron chi connectivity index (χ1n) is 6.92. The maximum Gasteiger partial charge on any atom is 0.325 e. The van der Waals surface area contributed by atoms with Crippen molar-refractivity contribution in [3.8, 4) is 0 Å². The number of carbonyl (C=O) groups excluding carboxylic acids is 1. The Morgan fingerprint density at radius 1 is 1.50 bits per heavy atom. The Kier molecular flexibility index (Phi) is 5.82. The zero-order chi connectivity index (χ0) is 16.2. The van der Waals surface area contributed by atoms with Crippen LogP contribution in [0.1, 0.15) is 12.5 Å². The van der Waals surface area contributed by atoms with E-state index in [1.54, 1.807) is 13.0 Å². The highest BCUT2D eigenvalue weighted by atomic mass is 32.2. The van der Waals surface area contributed by atoms with Crippen LogP contribution in [0.3, 0.4) is 0 Å². The topological polar surface area (TPSA) is 63.7 Å². The molecule has 1 unspecified atom stereocenters. The smallest absolute Gasteiger partial charge is 0.325 e. The lowest BCUT2D eigenvalue weighted by atomic mass is 10.2. The number of rotatable bonds is 4. The summed E-state index contributed by atoms with van der Waals surface area (Å²) in [5.41, 5.74) is 0.504. The van der Waals surface area contributed by atoms with E-state index in [9.17, 15) is 17.6 Å². The van der Waals surface area contributed by atoms with Gasteiger partial charge in [0.05, 0.1) is 12.4 Å². The predicted octanol–water partition coefficient (Wildman–Crippen LogP) is 1.64. The third kappa shape index (κ3) is 4.21. The van der Waals surface area contributed by atoms with Gasteiger partial charge in [-0.25, -0.2) is 12.8 Å². The molecule has 1 fully saturated rings. The molecule has 0 radical (unpaired) electrons. The quantitative estimate of drug-likeness (QED) is 0.775. The Labute approximate surface area is 133 Å². The number of thioether (sulfide) groups is 1. The summed E-state index contributed by atoms with van der Waals surface area (Å²) in [5, 5.41) is 0. The molecule has 1 aromatic carbocycles. The van der Waals surface area contributed by atoms with Crippen LogP contribution in [0.2, 0.25) is 0 Å². The summed E-state index contributed by atoms with van der Waals surface area (Å²) in [4.78, 5) is 12.1. The van der Waals surface area contributed by atoms with E-state index >= 15 is 0 Å². The van der Waals surface area contributed by atoms with Gasteiger partial charge in [0.1, 0.15) is 11.9 Å². The zero-order valence-electron chi connectivity index (χ0n) is 12.2. The van der Waals surface area contributed by atoms with Crippen molar-refractivity contribution in [1.29, 1.82) is 0 Å². The van der Waals surface area contributed by atoms with Gasteiger partial charge in [-0.3, -0.25) is 4.79 Å². The standard InChI is InChI=1S/C14H18FNO4S2/c1-2-20-14(17)13-10-21-6-7-22(18,19)16(13)9-11-4-3-5-12(15)8-11/h3-5,8,13H,2,6-7,9-10H2,1H3. The van der Waals surface area contributed by atoms with Crippen LogP contribution in [0.15, 0.2) is 24.3 Å². The summed E-state index contributed by atoms with van der Waals surface area (Å²) >= 11 is 1.40. The van der Waals surface area contributed by atoms with Crippen LogP contribution >= 0.6 is 11.8 Å². The third-order valence-electron chi connectivity index (χ3n) is 3.25. The van der Waals surface area contributed by atoms with Gasteiger partial charge in [-0.2, -0.15) is 16.1 Å². The van der Waals surface area contributed by atoms with Gasteiger partial charge in [-0.05, 0) is 24.6 Å². The summed E-state index contributed by atoms with van der Waals surface area (Å²) in [6.45, 7) is 1.82. The van der Waals surface area contributed by atoms with Gasteiger partial charge in [-0.15, -0.1) is 0 Å². The molecule has 1 heterocycles. The Bertz CT molecular complexity index is 635. The lowest BCUT2D eigenvalue weighted by Gasteiger charge is -2.26. The second-order valence-electron chi connectivity index (χ2n) is 4.83. The van der Waals surface area contributed by atoms with E-state index in [0.29, 0.717) is 17.1 Å². The highest BCUT2D eigenvalue weighted by Gasteiger charge is 2.37. The number of esters is 1. The average Bonchev–Trinajstić information content (AvgIpc) is 2.59. The van der Waals surface area contributed by atoms with E-state index in [4.69, 9.17) is 4.74 Å². The van der Waals surface area contributed by atoms with Crippen molar-refractivity contribution < 1.29 is 22.3 Å². The first-order chi connectivity index (χ1) is 10.4. The maximum atomic E-state index is 13.3. The minimum atomic E-state index is -3.59. The fourth-order valence-corrected chi connectivity index (χ4v) is 5.44. The van der Waals surface area contributed by atoms with E-state index in [1.165, 1.54) is 30.0 Å². The lowest BCUT2D eigenvalue weighted by molar-refractivity contribution is -0.147. The molecule has 0 saturated carbocycles. The molecule has 0 spiro atoms. The minimum Gasteiger partial charge on any atom is -0.465 e. The summed E-state index contributed by atoms with van der Waals surface area (Å²) < 4.78 is 44.3. The number of hydrogen-bond acceptors (Lipinski definition) is 5. The lowest BCUT2D eigenvalue weighted by Crippen LogP contribution is -2.46. The molecular formula is C14H18FNO4S2. The molecule has 1 aliphatic rings. The fraction of sp³-hybridized carbons (Fsp3) is 0.500. The Balaban J connectivity index is 2.31. The van der Waals surface area contributed by atoms with Crippen molar-refractivity contribution in [2.75, 3.05) is 23.9 Å². The van der Waals surface area contributed by atoms with Gasteiger partial charge in [0.25, 0.3) is 0 Å². The predicted molar refractivity (Wildman–Crippen MR) is 83.5 cm³/mol. The second-order valence-corrected chi connectivity index (χ2v) is 8.02. The van der Waals surface area contributed by atoms with Gasteiger partial charge in [0, 0.05) is 18.1 Å². The minimum absolute atomic E-state index is 0.0376. The molecule has 8 heteroatoms.